The molecular weight excluding hydrogens is 460 g/mol. The zero-order valence-corrected chi connectivity index (χ0v) is 21.1. The molecule has 3 unspecified atom stereocenters. The van der Waals surface area contributed by atoms with Crippen LogP contribution in [0.1, 0.15) is 25.8 Å². The van der Waals surface area contributed by atoms with Gasteiger partial charge in [0.05, 0.1) is 38.5 Å². The van der Waals surface area contributed by atoms with E-state index in [4.69, 9.17) is 19.3 Å². The number of hydrogen-bond acceptors (Lipinski definition) is 8. The Hall–Kier alpha value is -3.43. The number of carbonyl (C=O) groups is 2. The Morgan fingerprint density at radius 3 is 2.44 bits per heavy atom. The van der Waals surface area contributed by atoms with Crippen molar-refractivity contribution >= 4 is 29.0 Å². The molecule has 3 atom stereocenters. The van der Waals surface area contributed by atoms with E-state index in [1.54, 1.807) is 23.9 Å². The van der Waals surface area contributed by atoms with E-state index in [-0.39, 0.29) is 24.4 Å². The first-order valence-electron chi connectivity index (χ1n) is 12.4. The molecule has 0 aromatic heterocycles. The summed E-state index contributed by atoms with van der Waals surface area (Å²) < 4.78 is 16.6. The summed E-state index contributed by atoms with van der Waals surface area (Å²) in [5, 5.41) is 6.53. The maximum absolute atomic E-state index is 14.7. The summed E-state index contributed by atoms with van der Waals surface area (Å²) >= 11 is 0. The van der Waals surface area contributed by atoms with Crippen LogP contribution < -0.4 is 14.6 Å². The predicted molar refractivity (Wildman–Crippen MR) is 136 cm³/mol. The smallest absolute Gasteiger partial charge is 0.354 e. The first-order valence-corrected chi connectivity index (χ1v) is 12.4. The van der Waals surface area contributed by atoms with E-state index < -0.39 is 17.6 Å². The van der Waals surface area contributed by atoms with Crippen LogP contribution in [0.2, 0.25) is 0 Å². The van der Waals surface area contributed by atoms with Crippen molar-refractivity contribution in [1.29, 1.82) is 0 Å². The lowest BCUT2D eigenvalue weighted by Crippen LogP contribution is -2.65. The lowest BCUT2D eigenvalue weighted by atomic mass is 9.84. The van der Waals surface area contributed by atoms with E-state index in [9.17, 15) is 9.59 Å². The van der Waals surface area contributed by atoms with E-state index in [1.807, 2.05) is 62.4 Å². The minimum atomic E-state index is -1.23. The van der Waals surface area contributed by atoms with Gasteiger partial charge in [0.25, 0.3) is 5.91 Å². The molecule has 0 radical (unpaired) electrons. The number of hydrogen-bond donors (Lipinski definition) is 0. The van der Waals surface area contributed by atoms with Gasteiger partial charge in [0, 0.05) is 12.2 Å². The van der Waals surface area contributed by atoms with Crippen LogP contribution in [0.4, 0.5) is 11.4 Å². The molecule has 0 N–H and O–H groups in total. The van der Waals surface area contributed by atoms with Gasteiger partial charge in [-0.15, -0.1) is 0 Å². The Morgan fingerprint density at radius 2 is 1.81 bits per heavy atom. The second-order valence-electron chi connectivity index (χ2n) is 9.16. The number of esters is 1. The lowest BCUT2D eigenvalue weighted by Gasteiger charge is -2.44. The fourth-order valence-corrected chi connectivity index (χ4v) is 5.63. The summed E-state index contributed by atoms with van der Waals surface area (Å²) in [6.45, 7) is 7.36. The van der Waals surface area contributed by atoms with Gasteiger partial charge in [0.2, 0.25) is 5.66 Å². The molecule has 3 aliphatic rings. The fraction of sp³-hybridized carbons (Fsp3) is 0.444. The number of nitrogens with zero attached hydrogens (tertiary/aromatic N) is 4. The Bertz CT molecular complexity index is 1170. The fourth-order valence-electron chi connectivity index (χ4n) is 5.63. The van der Waals surface area contributed by atoms with Crippen LogP contribution in [0.3, 0.4) is 0 Å². The van der Waals surface area contributed by atoms with Crippen LogP contribution >= 0.6 is 0 Å². The van der Waals surface area contributed by atoms with Gasteiger partial charge in [0.1, 0.15) is 11.9 Å². The van der Waals surface area contributed by atoms with Crippen molar-refractivity contribution in [3.63, 3.8) is 0 Å². The van der Waals surface area contributed by atoms with E-state index in [1.165, 1.54) is 0 Å². The second-order valence-corrected chi connectivity index (χ2v) is 9.16. The summed E-state index contributed by atoms with van der Waals surface area (Å²) in [7, 11) is 1.61. The van der Waals surface area contributed by atoms with Crippen LogP contribution in [0.5, 0.6) is 5.75 Å². The molecule has 0 bridgehead atoms. The monoisotopic (exact) mass is 492 g/mol. The number of amides is 1. The minimum absolute atomic E-state index is 0.132. The molecular formula is C27H32N4O5. The molecule has 2 aromatic rings. The number of methoxy groups -OCH3 is 1. The van der Waals surface area contributed by atoms with Gasteiger partial charge in [-0.1, -0.05) is 24.6 Å². The lowest BCUT2D eigenvalue weighted by molar-refractivity contribution is -0.135. The molecule has 2 aromatic carbocycles. The molecule has 5 rings (SSSR count). The number of anilines is 2. The van der Waals surface area contributed by atoms with E-state index in [0.717, 1.165) is 11.3 Å². The van der Waals surface area contributed by atoms with Gasteiger partial charge in [0.15, 0.2) is 5.71 Å². The Kier molecular flexibility index (Phi) is 6.44. The molecule has 36 heavy (non-hydrogen) atoms. The third-order valence-corrected chi connectivity index (χ3v) is 7.24. The minimum Gasteiger partial charge on any atom is -0.497 e. The number of carbonyl (C=O) groups excluding carboxylic acids is 2. The molecule has 3 heterocycles. The van der Waals surface area contributed by atoms with Gasteiger partial charge in [-0.25, -0.2) is 14.7 Å². The van der Waals surface area contributed by atoms with Gasteiger partial charge in [-0.3, -0.25) is 9.69 Å². The number of aryl methyl sites for hydroxylation is 1. The molecule has 1 amide bonds. The van der Waals surface area contributed by atoms with Crippen molar-refractivity contribution in [3.05, 3.63) is 54.1 Å². The van der Waals surface area contributed by atoms with E-state index in [0.29, 0.717) is 37.6 Å². The first kappa shape index (κ1) is 24.3. The van der Waals surface area contributed by atoms with Crippen LogP contribution in [-0.4, -0.2) is 67.8 Å². The van der Waals surface area contributed by atoms with Crippen LogP contribution in [-0.2, 0) is 19.1 Å². The zero-order chi connectivity index (χ0) is 25.4. The highest BCUT2D eigenvalue weighted by Crippen LogP contribution is 2.49. The Morgan fingerprint density at radius 1 is 1.11 bits per heavy atom. The highest BCUT2D eigenvalue weighted by Gasteiger charge is 2.69. The molecule has 0 aliphatic carbocycles. The molecule has 3 aliphatic heterocycles. The highest BCUT2D eigenvalue weighted by molar-refractivity contribution is 6.39. The normalized spacial score (nSPS) is 25.8. The summed E-state index contributed by atoms with van der Waals surface area (Å²) in [5.41, 5.74) is 1.62. The summed E-state index contributed by atoms with van der Waals surface area (Å²) in [6, 6.07) is 15.3. The van der Waals surface area contributed by atoms with Crippen molar-refractivity contribution in [3.8, 4) is 5.75 Å². The van der Waals surface area contributed by atoms with Crippen molar-refractivity contribution in [2.24, 2.45) is 11.0 Å². The zero-order valence-electron chi connectivity index (χ0n) is 21.1. The highest BCUT2D eigenvalue weighted by atomic mass is 16.5. The number of rotatable bonds is 6. The van der Waals surface area contributed by atoms with Crippen LogP contribution in [0.15, 0.2) is 53.6 Å². The Labute approximate surface area is 211 Å². The molecule has 9 nitrogen and oxygen atoms in total. The SMILES string of the molecule is CCOC(=O)C1=NN(c2ccc(OC)cc2)C2(C(=O)N(c3ccc(C)cc3)C3COCCN32)C1CC. The van der Waals surface area contributed by atoms with Crippen LogP contribution in [0.25, 0.3) is 0 Å². The van der Waals surface area contributed by atoms with Gasteiger partial charge in [-0.2, -0.15) is 5.10 Å². The van der Waals surface area contributed by atoms with Crippen molar-refractivity contribution < 1.29 is 23.8 Å². The van der Waals surface area contributed by atoms with Gasteiger partial charge < -0.3 is 14.2 Å². The topological polar surface area (TPSA) is 83.9 Å². The average Bonchev–Trinajstić information content (AvgIpc) is 3.38. The molecule has 2 fully saturated rings. The molecule has 190 valence electrons. The third kappa shape index (κ3) is 3.57. The third-order valence-electron chi connectivity index (χ3n) is 7.24. The van der Waals surface area contributed by atoms with E-state index >= 15 is 0 Å². The van der Waals surface area contributed by atoms with Crippen molar-refractivity contribution in [2.45, 2.75) is 39.0 Å². The standard InChI is InChI=1S/C27H32N4O5/c1-5-22-24(25(32)36-6-2)28-31(20-11-13-21(34-4)14-12-20)27(22)26(33)30(19-9-7-18(3)8-10-19)23-17-35-16-15-29(23)27/h7-14,22-23H,5-6,15-17H2,1-4H3. The average molecular weight is 493 g/mol. The number of ether oxygens (including phenoxy) is 3. The maximum Gasteiger partial charge on any atom is 0.354 e. The molecule has 9 heteroatoms. The van der Waals surface area contributed by atoms with Crippen molar-refractivity contribution in [1.82, 2.24) is 4.90 Å². The van der Waals surface area contributed by atoms with Gasteiger partial charge >= 0.3 is 5.97 Å². The number of fused-ring (bicyclic) bond motifs is 2. The summed E-state index contributed by atoms with van der Waals surface area (Å²) in [5.74, 6) is -0.433. The number of morpholine rings is 1. The summed E-state index contributed by atoms with van der Waals surface area (Å²) in [6.07, 6.45) is 0.197. The predicted octanol–water partition coefficient (Wildman–Crippen LogP) is 3.17. The summed E-state index contributed by atoms with van der Waals surface area (Å²) in [4.78, 5) is 31.8. The number of benzene rings is 2. The van der Waals surface area contributed by atoms with Gasteiger partial charge in [-0.05, 0) is 56.7 Å². The second kappa shape index (κ2) is 9.55. The molecule has 0 saturated carbocycles. The molecule has 1 spiro atoms. The van der Waals surface area contributed by atoms with Crippen LogP contribution in [0, 0.1) is 12.8 Å². The van der Waals surface area contributed by atoms with Crippen molar-refractivity contribution in [2.75, 3.05) is 43.4 Å². The maximum atomic E-state index is 14.7. The molecule has 2 saturated heterocycles. The largest absolute Gasteiger partial charge is 0.497 e. The first-order chi connectivity index (χ1) is 17.5. The van der Waals surface area contributed by atoms with E-state index in [2.05, 4.69) is 4.90 Å². The Balaban J connectivity index is 1.70. The quantitative estimate of drug-likeness (QED) is 0.573. The number of hydrazone groups is 1.